The zero-order chi connectivity index (χ0) is 42.1. The van der Waals surface area contributed by atoms with Crippen molar-refractivity contribution >= 4 is 43.6 Å². The van der Waals surface area contributed by atoms with E-state index in [0.29, 0.717) is 0 Å². The Bertz CT molecular complexity index is 3320. The largest absolute Gasteiger partial charge is 0.353 e. The van der Waals surface area contributed by atoms with E-state index < -0.39 is 0 Å². The van der Waals surface area contributed by atoms with E-state index in [1.165, 1.54) is 0 Å². The summed E-state index contributed by atoms with van der Waals surface area (Å²) in [6.07, 6.45) is 0. The first kappa shape index (κ1) is 38.7. The standard InChI is InChI=1S/C60H38N4.Pt/c1-5-21-37(22-6-1)49-53-41-29-13-15-31-43(41)55(61-53)50(38-23-7-2-8-24-38)57-45-33-17-19-35-47(45)59(63-57)52(40-27-11-4-12-28-40)60-48-36-20-18-34-46(48)58(64-60)51(39-25-9-3-10-26-39)56-44-32-16-14-30-42(44)54(49)62-56;/h1-36,61,64H;. The van der Waals surface area contributed by atoms with Crippen LogP contribution in [0.5, 0.6) is 0 Å². The van der Waals surface area contributed by atoms with Gasteiger partial charge in [-0.15, -0.1) is 0 Å². The molecule has 4 nitrogen and oxygen atoms in total. The molecule has 0 fully saturated rings. The molecule has 2 aliphatic heterocycles. The summed E-state index contributed by atoms with van der Waals surface area (Å²) in [7, 11) is 0. The first-order chi connectivity index (χ1) is 31.8. The predicted molar refractivity (Wildman–Crippen MR) is 267 cm³/mol. The molecule has 0 unspecified atom stereocenters. The van der Waals surface area contributed by atoms with Crippen LogP contribution in [0.4, 0.5) is 0 Å². The molecule has 13 rings (SSSR count). The van der Waals surface area contributed by atoms with E-state index in [-0.39, 0.29) is 21.1 Å². The first-order valence-corrected chi connectivity index (χ1v) is 21.8. The number of aromatic amines is 2. The van der Waals surface area contributed by atoms with Crippen LogP contribution >= 0.6 is 0 Å². The molecule has 0 saturated heterocycles. The summed E-state index contributed by atoms with van der Waals surface area (Å²) in [4.78, 5) is 20.0. The molecular formula is C60H38N4Pt. The Hall–Kier alpha value is -7.91. The molecule has 8 bridgehead atoms. The second-order valence-corrected chi connectivity index (χ2v) is 16.5. The van der Waals surface area contributed by atoms with Gasteiger partial charge in [0.15, 0.2) is 0 Å². The fraction of sp³-hybridized carbons (Fsp3) is 0. The van der Waals surface area contributed by atoms with E-state index in [0.717, 1.165) is 133 Å². The molecule has 0 amide bonds. The molecule has 3 aliphatic rings. The van der Waals surface area contributed by atoms with Crippen LogP contribution in [0.2, 0.25) is 0 Å². The van der Waals surface area contributed by atoms with Gasteiger partial charge in [0.05, 0.1) is 44.8 Å². The van der Waals surface area contributed by atoms with Crippen molar-refractivity contribution in [3.63, 3.8) is 0 Å². The second-order valence-electron chi connectivity index (χ2n) is 16.5. The van der Waals surface area contributed by atoms with E-state index in [9.17, 15) is 0 Å². The maximum Gasteiger partial charge on any atom is 0.0816 e. The molecule has 1 aliphatic carbocycles. The van der Waals surface area contributed by atoms with Crippen LogP contribution in [0.3, 0.4) is 0 Å². The number of H-pyrrole nitrogens is 2. The van der Waals surface area contributed by atoms with Gasteiger partial charge in [-0.1, -0.05) is 218 Å². The Morgan fingerprint density at radius 1 is 0.231 bits per heavy atom. The third-order valence-corrected chi connectivity index (χ3v) is 13.0. The van der Waals surface area contributed by atoms with Crippen molar-refractivity contribution in [1.29, 1.82) is 0 Å². The zero-order valence-corrected chi connectivity index (χ0v) is 37.3. The predicted octanol–water partition coefficient (Wildman–Crippen LogP) is 16.0. The summed E-state index contributed by atoms with van der Waals surface area (Å²) in [5.74, 6) is 0. The Morgan fingerprint density at radius 3 is 0.662 bits per heavy atom. The zero-order valence-electron chi connectivity index (χ0n) is 35.0. The minimum atomic E-state index is 0. The Kier molecular flexibility index (Phi) is 9.36. The number of rotatable bonds is 4. The molecule has 65 heavy (non-hydrogen) atoms. The third kappa shape index (κ3) is 6.09. The van der Waals surface area contributed by atoms with Crippen LogP contribution in [0.15, 0.2) is 218 Å². The summed E-state index contributed by atoms with van der Waals surface area (Å²) in [5.41, 5.74) is 20.5. The minimum Gasteiger partial charge on any atom is -0.353 e. The third-order valence-electron chi connectivity index (χ3n) is 13.0. The van der Waals surface area contributed by atoms with Crippen LogP contribution in [0.25, 0.3) is 133 Å². The minimum absolute atomic E-state index is 0. The number of benzene rings is 8. The normalized spacial score (nSPS) is 11.6. The number of nitrogens with one attached hydrogen (secondary N) is 2. The second kappa shape index (κ2) is 15.7. The van der Waals surface area contributed by atoms with Gasteiger partial charge < -0.3 is 9.97 Å². The maximum atomic E-state index is 5.89. The van der Waals surface area contributed by atoms with Gasteiger partial charge in [-0.3, -0.25) is 0 Å². The van der Waals surface area contributed by atoms with Crippen molar-refractivity contribution in [2.75, 3.05) is 0 Å². The van der Waals surface area contributed by atoms with Gasteiger partial charge >= 0.3 is 0 Å². The van der Waals surface area contributed by atoms with Crippen LogP contribution in [-0.4, -0.2) is 19.9 Å². The monoisotopic (exact) mass is 1010 g/mol. The van der Waals surface area contributed by atoms with Gasteiger partial charge in [0.2, 0.25) is 0 Å². The average Bonchev–Trinajstić information content (AvgIpc) is 4.14. The van der Waals surface area contributed by atoms with Gasteiger partial charge in [-0.05, 0) is 22.3 Å². The number of nitrogens with zero attached hydrogens (tertiary/aromatic N) is 2. The first-order valence-electron chi connectivity index (χ1n) is 21.8. The maximum absolute atomic E-state index is 5.89. The van der Waals surface area contributed by atoms with Crippen LogP contribution in [-0.2, 0) is 21.1 Å². The summed E-state index contributed by atoms with van der Waals surface area (Å²) in [6.45, 7) is 0. The number of hydrogen-bond donors (Lipinski definition) is 2. The topological polar surface area (TPSA) is 57.4 Å². The van der Waals surface area contributed by atoms with E-state index in [1.54, 1.807) is 0 Å². The summed E-state index contributed by atoms with van der Waals surface area (Å²) in [5, 5.41) is 4.45. The molecule has 0 radical (unpaired) electrons. The molecule has 2 N–H and O–H groups in total. The molecular weight excluding hydrogens is 972 g/mol. The van der Waals surface area contributed by atoms with Gasteiger partial charge in [-0.2, -0.15) is 0 Å². The van der Waals surface area contributed by atoms with Crippen molar-refractivity contribution in [2.24, 2.45) is 0 Å². The van der Waals surface area contributed by atoms with Crippen LogP contribution in [0, 0.1) is 0 Å². The van der Waals surface area contributed by atoms with E-state index in [1.807, 2.05) is 0 Å². The van der Waals surface area contributed by atoms with Gasteiger partial charge in [-0.25, -0.2) is 9.97 Å². The summed E-state index contributed by atoms with van der Waals surface area (Å²) < 4.78 is 0. The molecule has 308 valence electrons. The van der Waals surface area contributed by atoms with Gasteiger partial charge in [0.25, 0.3) is 0 Å². The summed E-state index contributed by atoms with van der Waals surface area (Å²) >= 11 is 0. The van der Waals surface area contributed by atoms with Crippen LogP contribution < -0.4 is 0 Å². The Balaban J connectivity index is 0.00000444. The van der Waals surface area contributed by atoms with Crippen molar-refractivity contribution < 1.29 is 21.1 Å². The average molecular weight is 1010 g/mol. The number of aromatic nitrogens is 4. The van der Waals surface area contributed by atoms with Crippen molar-refractivity contribution in [1.82, 2.24) is 19.9 Å². The Morgan fingerprint density at radius 2 is 0.431 bits per heavy atom. The summed E-state index contributed by atoms with van der Waals surface area (Å²) in [6, 6.07) is 78.0. The molecule has 2 aromatic heterocycles. The van der Waals surface area contributed by atoms with Gasteiger partial charge in [0.1, 0.15) is 0 Å². The molecule has 10 aromatic rings. The van der Waals surface area contributed by atoms with Crippen LogP contribution in [0.1, 0.15) is 0 Å². The molecule has 0 saturated carbocycles. The van der Waals surface area contributed by atoms with E-state index in [4.69, 9.17) is 9.97 Å². The molecule has 4 heterocycles. The van der Waals surface area contributed by atoms with Gasteiger partial charge in [0, 0.05) is 87.1 Å². The molecule has 0 atom stereocenters. The quantitative estimate of drug-likeness (QED) is 0.185. The van der Waals surface area contributed by atoms with E-state index >= 15 is 0 Å². The fourth-order valence-corrected chi connectivity index (χ4v) is 10.2. The Labute approximate surface area is 390 Å². The molecule has 0 spiro atoms. The van der Waals surface area contributed by atoms with E-state index in [2.05, 4.69) is 228 Å². The fourth-order valence-electron chi connectivity index (χ4n) is 10.2. The number of hydrogen-bond acceptors (Lipinski definition) is 2. The van der Waals surface area contributed by atoms with Crippen molar-refractivity contribution in [2.45, 2.75) is 0 Å². The van der Waals surface area contributed by atoms with Crippen molar-refractivity contribution in [3.05, 3.63) is 218 Å². The molecule has 5 heteroatoms. The smallest absolute Gasteiger partial charge is 0.0816 e. The molecule has 8 aromatic carbocycles. The van der Waals surface area contributed by atoms with Crippen molar-refractivity contribution in [3.8, 4) is 89.5 Å². The SMILES string of the molecule is [Pt].c1ccc(-c2c3nc(c(-c4ccccc4)c4[nH]c(c(-c5ccccc5)c5nc(c(-c6ccccc6)c6[nH]c2c2ccccc62)-c2ccccc2-5)c2ccccc42)-c2ccccc2-3)cc1.